The molecule has 3 aromatic rings. The first-order chi connectivity index (χ1) is 17.0. The van der Waals surface area contributed by atoms with Crippen molar-refractivity contribution in [2.75, 3.05) is 42.9 Å². The van der Waals surface area contributed by atoms with Gasteiger partial charge < -0.3 is 29.7 Å². The van der Waals surface area contributed by atoms with Crippen molar-refractivity contribution < 1.29 is 23.8 Å². The van der Waals surface area contributed by atoms with Crippen LogP contribution in [0.5, 0.6) is 17.4 Å². The molecule has 10 heteroatoms. The number of amides is 2. The minimum Gasteiger partial charge on any atom is -0.490 e. The molecule has 0 spiro atoms. The SMILES string of the molecule is C=CC(=O)Nc1cccc(Oc2nc(N(CCOC)c3ccc4c(c3)CC(=O)N4)ncc2OC)c1. The second-order valence-electron chi connectivity index (χ2n) is 7.58. The minimum absolute atomic E-state index is 0.0384. The molecule has 180 valence electrons. The van der Waals surface area contributed by atoms with Crippen molar-refractivity contribution in [3.8, 4) is 17.4 Å². The van der Waals surface area contributed by atoms with Crippen LogP contribution in [0.3, 0.4) is 0 Å². The van der Waals surface area contributed by atoms with Gasteiger partial charge in [0.2, 0.25) is 17.8 Å². The van der Waals surface area contributed by atoms with E-state index in [1.807, 2.05) is 23.1 Å². The Morgan fingerprint density at radius 2 is 2.11 bits per heavy atom. The number of aromatic nitrogens is 2. The molecule has 2 N–H and O–H groups in total. The third-order valence-electron chi connectivity index (χ3n) is 5.22. The van der Waals surface area contributed by atoms with E-state index in [0.717, 1.165) is 16.9 Å². The number of hydrogen-bond donors (Lipinski definition) is 2. The first-order valence-electron chi connectivity index (χ1n) is 10.8. The number of anilines is 4. The van der Waals surface area contributed by atoms with Crippen molar-refractivity contribution in [2.45, 2.75) is 6.42 Å². The molecule has 2 aromatic carbocycles. The molecule has 0 aliphatic carbocycles. The number of benzene rings is 2. The number of carbonyl (C=O) groups is 2. The molecule has 0 fully saturated rings. The van der Waals surface area contributed by atoms with E-state index in [1.54, 1.807) is 31.4 Å². The highest BCUT2D eigenvalue weighted by atomic mass is 16.5. The van der Waals surface area contributed by atoms with Gasteiger partial charge in [0.05, 0.1) is 26.3 Å². The number of hydrogen-bond acceptors (Lipinski definition) is 8. The molecule has 0 saturated carbocycles. The fraction of sp³-hybridized carbons (Fsp3) is 0.200. The fourth-order valence-corrected chi connectivity index (χ4v) is 3.54. The van der Waals surface area contributed by atoms with Crippen molar-refractivity contribution in [1.29, 1.82) is 0 Å². The van der Waals surface area contributed by atoms with Gasteiger partial charge in [-0.25, -0.2) is 4.98 Å². The smallest absolute Gasteiger partial charge is 0.267 e. The highest BCUT2D eigenvalue weighted by Gasteiger charge is 2.22. The molecule has 0 radical (unpaired) electrons. The van der Waals surface area contributed by atoms with E-state index >= 15 is 0 Å². The maximum atomic E-state index is 11.8. The Hall–Kier alpha value is -4.44. The number of nitrogens with one attached hydrogen (secondary N) is 2. The van der Waals surface area contributed by atoms with Crippen molar-refractivity contribution in [3.63, 3.8) is 0 Å². The van der Waals surface area contributed by atoms with Gasteiger partial charge in [-0.1, -0.05) is 12.6 Å². The second-order valence-corrected chi connectivity index (χ2v) is 7.58. The van der Waals surface area contributed by atoms with E-state index < -0.39 is 0 Å². The summed E-state index contributed by atoms with van der Waals surface area (Å²) in [4.78, 5) is 34.4. The van der Waals surface area contributed by atoms with Gasteiger partial charge >= 0.3 is 0 Å². The van der Waals surface area contributed by atoms with Gasteiger partial charge in [-0.15, -0.1) is 0 Å². The van der Waals surface area contributed by atoms with Crippen molar-refractivity contribution >= 4 is 34.8 Å². The zero-order valence-electron chi connectivity index (χ0n) is 19.4. The largest absolute Gasteiger partial charge is 0.490 e. The predicted octanol–water partition coefficient (Wildman–Crippen LogP) is 3.68. The lowest BCUT2D eigenvalue weighted by molar-refractivity contribution is -0.115. The molecule has 0 bridgehead atoms. The maximum Gasteiger partial charge on any atom is 0.267 e. The molecular formula is C25H25N5O5. The monoisotopic (exact) mass is 475 g/mol. The summed E-state index contributed by atoms with van der Waals surface area (Å²) in [7, 11) is 3.12. The molecule has 4 rings (SSSR count). The van der Waals surface area contributed by atoms with Crippen LogP contribution in [-0.4, -0.2) is 49.2 Å². The molecule has 0 atom stereocenters. The quantitative estimate of drug-likeness (QED) is 0.427. The topological polar surface area (TPSA) is 115 Å². The fourth-order valence-electron chi connectivity index (χ4n) is 3.54. The Bertz CT molecular complexity index is 1260. The molecular weight excluding hydrogens is 450 g/mol. The van der Waals surface area contributed by atoms with Crippen LogP contribution in [0.15, 0.2) is 61.3 Å². The normalized spacial score (nSPS) is 11.9. The molecule has 35 heavy (non-hydrogen) atoms. The zero-order valence-corrected chi connectivity index (χ0v) is 19.4. The van der Waals surface area contributed by atoms with Crippen LogP contribution in [0.4, 0.5) is 23.0 Å². The van der Waals surface area contributed by atoms with Crippen molar-refractivity contribution in [1.82, 2.24) is 9.97 Å². The average molecular weight is 476 g/mol. The Morgan fingerprint density at radius 3 is 2.89 bits per heavy atom. The molecule has 2 heterocycles. The summed E-state index contributed by atoms with van der Waals surface area (Å²) in [5.41, 5.74) is 3.05. The first kappa shape index (κ1) is 23.7. The van der Waals surface area contributed by atoms with Crippen LogP contribution in [0.25, 0.3) is 0 Å². The van der Waals surface area contributed by atoms with Gasteiger partial charge in [0.1, 0.15) is 5.75 Å². The predicted molar refractivity (Wildman–Crippen MR) is 132 cm³/mol. The number of carbonyl (C=O) groups excluding carboxylic acids is 2. The first-order valence-corrected chi connectivity index (χ1v) is 10.8. The third kappa shape index (κ3) is 5.56. The number of rotatable bonds is 10. The van der Waals surface area contributed by atoms with Crippen LogP contribution < -0.4 is 25.0 Å². The summed E-state index contributed by atoms with van der Waals surface area (Å²) in [6, 6.07) is 12.6. The van der Waals surface area contributed by atoms with E-state index in [-0.39, 0.29) is 17.7 Å². The number of fused-ring (bicyclic) bond motifs is 1. The van der Waals surface area contributed by atoms with Crippen molar-refractivity contribution in [2.24, 2.45) is 0 Å². The second kappa shape index (κ2) is 10.7. The Morgan fingerprint density at radius 1 is 1.26 bits per heavy atom. The molecule has 0 saturated heterocycles. The van der Waals surface area contributed by atoms with E-state index in [4.69, 9.17) is 14.2 Å². The third-order valence-corrected chi connectivity index (χ3v) is 5.22. The van der Waals surface area contributed by atoms with Gasteiger partial charge in [-0.3, -0.25) is 9.59 Å². The lowest BCUT2D eigenvalue weighted by Gasteiger charge is -2.24. The molecule has 0 unspecified atom stereocenters. The number of methoxy groups -OCH3 is 2. The van der Waals surface area contributed by atoms with Crippen LogP contribution in [0.1, 0.15) is 5.56 Å². The Balaban J connectivity index is 1.66. The van der Waals surface area contributed by atoms with E-state index in [0.29, 0.717) is 42.7 Å². The van der Waals surface area contributed by atoms with Crippen molar-refractivity contribution in [3.05, 3.63) is 66.9 Å². The van der Waals surface area contributed by atoms with E-state index in [1.165, 1.54) is 19.4 Å². The number of nitrogens with zero attached hydrogens (tertiary/aromatic N) is 3. The summed E-state index contributed by atoms with van der Waals surface area (Å²) in [5, 5.41) is 5.53. The van der Waals surface area contributed by atoms with E-state index in [9.17, 15) is 9.59 Å². The van der Waals surface area contributed by atoms with Crippen LogP contribution in [0, 0.1) is 0 Å². The van der Waals surface area contributed by atoms with Crippen LogP contribution >= 0.6 is 0 Å². The lowest BCUT2D eigenvalue weighted by atomic mass is 10.1. The Kier molecular flexibility index (Phi) is 7.22. The van der Waals surface area contributed by atoms with Gasteiger partial charge in [0.25, 0.3) is 5.88 Å². The summed E-state index contributed by atoms with van der Waals surface area (Å²) in [6.45, 7) is 4.34. The zero-order chi connectivity index (χ0) is 24.8. The summed E-state index contributed by atoms with van der Waals surface area (Å²) in [6.07, 6.45) is 3.03. The highest BCUT2D eigenvalue weighted by Crippen LogP contribution is 2.35. The average Bonchev–Trinajstić information content (AvgIpc) is 3.24. The standard InChI is InChI=1S/C25H25N5O5/c1-4-22(31)27-17-6-5-7-19(14-17)35-24-21(34-3)15-26-25(29-24)30(10-11-33-2)18-8-9-20-16(12-18)13-23(32)28-20/h4-9,12,14-15H,1,10-11,13H2,2-3H3,(H,27,31)(H,28,32). The van der Waals surface area contributed by atoms with Gasteiger partial charge in [-0.05, 0) is 42.0 Å². The highest BCUT2D eigenvalue weighted by molar-refractivity contribution is 6.00. The van der Waals surface area contributed by atoms with Gasteiger partial charge in [0, 0.05) is 36.8 Å². The summed E-state index contributed by atoms with van der Waals surface area (Å²) < 4.78 is 16.7. The summed E-state index contributed by atoms with van der Waals surface area (Å²) in [5.74, 6) is 0.981. The minimum atomic E-state index is -0.330. The maximum absolute atomic E-state index is 11.8. The van der Waals surface area contributed by atoms with Crippen LogP contribution in [-0.2, 0) is 20.7 Å². The van der Waals surface area contributed by atoms with Gasteiger partial charge in [-0.2, -0.15) is 4.98 Å². The molecule has 2 amide bonds. The Labute approximate surface area is 202 Å². The molecule has 1 aliphatic heterocycles. The molecule has 1 aromatic heterocycles. The van der Waals surface area contributed by atoms with Gasteiger partial charge in [0.15, 0.2) is 5.75 Å². The van der Waals surface area contributed by atoms with E-state index in [2.05, 4.69) is 27.2 Å². The summed E-state index contributed by atoms with van der Waals surface area (Å²) >= 11 is 0. The molecule has 10 nitrogen and oxygen atoms in total. The lowest BCUT2D eigenvalue weighted by Crippen LogP contribution is -2.24. The molecule has 1 aliphatic rings. The number of ether oxygens (including phenoxy) is 3. The van der Waals surface area contributed by atoms with Crippen LogP contribution in [0.2, 0.25) is 0 Å².